The third-order valence-electron chi connectivity index (χ3n) is 6.09. The van der Waals surface area contributed by atoms with Crippen molar-refractivity contribution < 1.29 is 4.74 Å². The maximum atomic E-state index is 9.18. The molecule has 7 heteroatoms. The van der Waals surface area contributed by atoms with Gasteiger partial charge in [0.15, 0.2) is 0 Å². The van der Waals surface area contributed by atoms with E-state index in [2.05, 4.69) is 34.5 Å². The molecule has 2 aliphatic rings. The lowest BCUT2D eigenvalue weighted by Gasteiger charge is -2.21. The van der Waals surface area contributed by atoms with Gasteiger partial charge in [-0.15, -0.1) is 0 Å². The van der Waals surface area contributed by atoms with Gasteiger partial charge in [0.2, 0.25) is 0 Å². The number of nitriles is 1. The molecule has 0 spiro atoms. The lowest BCUT2D eigenvalue weighted by molar-refractivity contribution is 0.440. The van der Waals surface area contributed by atoms with Crippen molar-refractivity contribution in [3.05, 3.63) is 59.3 Å². The van der Waals surface area contributed by atoms with E-state index in [9.17, 15) is 5.26 Å². The van der Waals surface area contributed by atoms with Crippen LogP contribution in [0.3, 0.4) is 0 Å². The monoisotopic (exact) mass is 412 g/mol. The molecule has 3 N–H and O–H groups in total. The van der Waals surface area contributed by atoms with Crippen LogP contribution in [0.25, 0.3) is 11.1 Å². The quantitative estimate of drug-likeness (QED) is 0.517. The van der Waals surface area contributed by atoms with Crippen LogP contribution in [-0.4, -0.2) is 36.6 Å². The van der Waals surface area contributed by atoms with E-state index >= 15 is 0 Å². The minimum absolute atomic E-state index is 0.304. The molecule has 1 aliphatic heterocycles. The molecular formula is C24H24N6O. The zero-order chi connectivity index (χ0) is 21.4. The number of benzene rings is 2. The molecule has 156 valence electrons. The Bertz CT molecular complexity index is 1190. The molecule has 31 heavy (non-hydrogen) atoms. The zero-order valence-electron chi connectivity index (χ0n) is 17.4. The fourth-order valence-electron chi connectivity index (χ4n) is 4.52. The molecule has 2 heterocycles. The number of hydrogen-bond acceptors (Lipinski definition) is 7. The van der Waals surface area contributed by atoms with Gasteiger partial charge in [-0.1, -0.05) is 18.2 Å². The van der Waals surface area contributed by atoms with Crippen LogP contribution in [0.1, 0.15) is 23.2 Å². The van der Waals surface area contributed by atoms with Gasteiger partial charge < -0.3 is 20.7 Å². The summed E-state index contributed by atoms with van der Waals surface area (Å²) in [5.74, 6) is 1.92. The number of nitrogens with two attached hydrogens (primary N) is 1. The third kappa shape index (κ3) is 3.45. The normalized spacial score (nSPS) is 16.5. The number of nitrogens with zero attached hydrogens (tertiary/aromatic N) is 4. The number of hydrogen-bond donors (Lipinski definition) is 2. The second-order valence-electron chi connectivity index (χ2n) is 7.99. The maximum absolute atomic E-state index is 9.18. The van der Waals surface area contributed by atoms with Crippen LogP contribution in [0, 0.1) is 17.2 Å². The van der Waals surface area contributed by atoms with Gasteiger partial charge in [-0.2, -0.15) is 15.2 Å². The summed E-state index contributed by atoms with van der Waals surface area (Å²) in [5, 5.41) is 12.5. The Labute approximate surface area is 181 Å². The molecule has 7 nitrogen and oxygen atoms in total. The van der Waals surface area contributed by atoms with E-state index in [1.165, 1.54) is 11.1 Å². The molecule has 1 unspecified atom stereocenters. The molecule has 0 radical (unpaired) electrons. The van der Waals surface area contributed by atoms with Gasteiger partial charge in [-0.3, -0.25) is 0 Å². The fraction of sp³-hybridized carbons (Fsp3) is 0.292. The van der Waals surface area contributed by atoms with Crippen LogP contribution in [0.4, 0.5) is 11.5 Å². The van der Waals surface area contributed by atoms with E-state index in [1.54, 1.807) is 18.2 Å². The second kappa shape index (κ2) is 7.89. The Morgan fingerprint density at radius 3 is 2.90 bits per heavy atom. The summed E-state index contributed by atoms with van der Waals surface area (Å²) in [6.45, 7) is 2.47. The molecular weight excluding hydrogens is 388 g/mol. The Hall–Kier alpha value is -3.63. The Balaban J connectivity index is 1.60. The van der Waals surface area contributed by atoms with Crippen LogP contribution < -0.4 is 20.7 Å². The molecule has 5 rings (SSSR count). The summed E-state index contributed by atoms with van der Waals surface area (Å²) in [6, 6.07) is 15.8. The molecule has 1 aromatic heterocycles. The zero-order valence-corrected chi connectivity index (χ0v) is 17.4. The second-order valence-corrected chi connectivity index (χ2v) is 7.99. The van der Waals surface area contributed by atoms with E-state index < -0.39 is 0 Å². The molecule has 1 saturated heterocycles. The molecule has 0 bridgehead atoms. The standard InChI is InChI=1S/C24H24N6O/c1-27-20-7-3-6-18-19(20)11-21-22(18)23(30-9-8-16(13-26)14-30)29-24(28-21)31-17-5-2-4-15(10-17)12-25/h2-7,10,16,27H,8-9,11,13-14,26H2,1H3. The average Bonchev–Trinajstić information content (AvgIpc) is 3.43. The van der Waals surface area contributed by atoms with Crippen LogP contribution in [0.15, 0.2) is 42.5 Å². The van der Waals surface area contributed by atoms with E-state index in [0.717, 1.165) is 48.7 Å². The first-order valence-electron chi connectivity index (χ1n) is 10.5. The van der Waals surface area contributed by atoms with Gasteiger partial charge in [0.05, 0.1) is 17.3 Å². The lowest BCUT2D eigenvalue weighted by Crippen LogP contribution is -2.24. The van der Waals surface area contributed by atoms with E-state index in [1.807, 2.05) is 13.1 Å². The molecule has 1 fully saturated rings. The highest BCUT2D eigenvalue weighted by molar-refractivity contribution is 5.88. The predicted molar refractivity (Wildman–Crippen MR) is 120 cm³/mol. The minimum Gasteiger partial charge on any atom is -0.424 e. The summed E-state index contributed by atoms with van der Waals surface area (Å²) >= 11 is 0. The van der Waals surface area contributed by atoms with Gasteiger partial charge in [0.1, 0.15) is 11.6 Å². The minimum atomic E-state index is 0.304. The summed E-state index contributed by atoms with van der Waals surface area (Å²) in [4.78, 5) is 11.9. The topological polar surface area (TPSA) is 100 Å². The Morgan fingerprint density at radius 1 is 1.26 bits per heavy atom. The van der Waals surface area contributed by atoms with Crippen molar-refractivity contribution >= 4 is 11.5 Å². The third-order valence-corrected chi connectivity index (χ3v) is 6.09. The highest BCUT2D eigenvalue weighted by atomic mass is 16.5. The van der Waals surface area contributed by atoms with Crippen molar-refractivity contribution in [2.75, 3.05) is 36.9 Å². The smallest absolute Gasteiger partial charge is 0.324 e. The number of anilines is 2. The number of aromatic nitrogens is 2. The van der Waals surface area contributed by atoms with Crippen LogP contribution in [0.2, 0.25) is 0 Å². The predicted octanol–water partition coefficient (Wildman–Crippen LogP) is 3.54. The number of ether oxygens (including phenoxy) is 1. The van der Waals surface area contributed by atoms with E-state index in [4.69, 9.17) is 20.4 Å². The summed E-state index contributed by atoms with van der Waals surface area (Å²) in [6.07, 6.45) is 1.78. The van der Waals surface area contributed by atoms with E-state index in [0.29, 0.717) is 29.8 Å². The van der Waals surface area contributed by atoms with Gasteiger partial charge >= 0.3 is 6.01 Å². The molecule has 1 atom stereocenters. The van der Waals surface area contributed by atoms with Crippen molar-refractivity contribution in [1.82, 2.24) is 9.97 Å². The van der Waals surface area contributed by atoms with Crippen molar-refractivity contribution in [2.24, 2.45) is 11.7 Å². The van der Waals surface area contributed by atoms with Gasteiger partial charge in [0, 0.05) is 37.8 Å². The fourth-order valence-corrected chi connectivity index (χ4v) is 4.52. The number of nitrogens with one attached hydrogen (secondary N) is 1. The Morgan fingerprint density at radius 2 is 2.13 bits per heavy atom. The van der Waals surface area contributed by atoms with Crippen molar-refractivity contribution in [3.8, 4) is 29.0 Å². The van der Waals surface area contributed by atoms with Gasteiger partial charge in [-0.05, 0) is 54.3 Å². The highest BCUT2D eigenvalue weighted by Gasteiger charge is 2.32. The molecule has 2 aromatic carbocycles. The van der Waals surface area contributed by atoms with Crippen molar-refractivity contribution in [3.63, 3.8) is 0 Å². The van der Waals surface area contributed by atoms with Crippen molar-refractivity contribution in [2.45, 2.75) is 12.8 Å². The summed E-state index contributed by atoms with van der Waals surface area (Å²) in [7, 11) is 1.94. The van der Waals surface area contributed by atoms with Gasteiger partial charge in [-0.25, -0.2) is 0 Å². The maximum Gasteiger partial charge on any atom is 0.324 e. The molecule has 3 aromatic rings. The number of rotatable bonds is 5. The first-order valence-corrected chi connectivity index (χ1v) is 10.5. The molecule has 0 saturated carbocycles. The van der Waals surface area contributed by atoms with Crippen LogP contribution in [0.5, 0.6) is 11.8 Å². The number of fused-ring (bicyclic) bond motifs is 3. The van der Waals surface area contributed by atoms with Gasteiger partial charge in [0.25, 0.3) is 0 Å². The van der Waals surface area contributed by atoms with Crippen molar-refractivity contribution in [1.29, 1.82) is 5.26 Å². The largest absolute Gasteiger partial charge is 0.424 e. The highest BCUT2D eigenvalue weighted by Crippen LogP contribution is 2.45. The lowest BCUT2D eigenvalue weighted by atomic mass is 10.1. The molecule has 0 amide bonds. The van der Waals surface area contributed by atoms with E-state index in [-0.39, 0.29) is 0 Å². The van der Waals surface area contributed by atoms with Crippen LogP contribution >= 0.6 is 0 Å². The summed E-state index contributed by atoms with van der Waals surface area (Å²) < 4.78 is 6.01. The average molecular weight is 412 g/mol. The first-order chi connectivity index (χ1) is 15.2. The summed E-state index contributed by atoms with van der Waals surface area (Å²) in [5.41, 5.74) is 12.0. The SMILES string of the molecule is CNc1cccc2c1Cc1nc(Oc3cccc(C#N)c3)nc(N3CCC(CN)C3)c1-2. The molecule has 1 aliphatic carbocycles. The Kier molecular flexibility index (Phi) is 4.92. The van der Waals surface area contributed by atoms with Crippen LogP contribution in [-0.2, 0) is 6.42 Å². The first kappa shape index (κ1) is 19.3.